The van der Waals surface area contributed by atoms with E-state index < -0.39 is 0 Å². The van der Waals surface area contributed by atoms with Gasteiger partial charge < -0.3 is 10.5 Å². The highest BCUT2D eigenvalue weighted by Crippen LogP contribution is 2.47. The zero-order valence-electron chi connectivity index (χ0n) is 18.1. The van der Waals surface area contributed by atoms with Gasteiger partial charge in [-0.1, -0.05) is 0 Å². The van der Waals surface area contributed by atoms with Crippen LogP contribution in [0.25, 0.3) is 6.08 Å². The topological polar surface area (TPSA) is 94.7 Å². The summed E-state index contributed by atoms with van der Waals surface area (Å²) in [5.74, 6) is 0.802. The molecule has 0 radical (unpaired) electrons. The van der Waals surface area contributed by atoms with E-state index in [4.69, 9.17) is 10.5 Å². The molecule has 0 spiro atoms. The van der Waals surface area contributed by atoms with Crippen molar-refractivity contribution >= 4 is 6.08 Å². The quantitative estimate of drug-likeness (QED) is 0.829. The molecule has 0 aromatic carbocycles. The number of hydrogen-bond donors (Lipinski definition) is 1. The van der Waals surface area contributed by atoms with Gasteiger partial charge in [-0.25, -0.2) is 0 Å². The van der Waals surface area contributed by atoms with Crippen molar-refractivity contribution in [3.05, 3.63) is 63.3 Å². The molecular formula is C23H28N6O. The first kappa shape index (κ1) is 20.0. The van der Waals surface area contributed by atoms with Crippen molar-refractivity contribution in [2.24, 2.45) is 5.73 Å². The summed E-state index contributed by atoms with van der Waals surface area (Å²) in [5, 5.41) is 19.0. The fraction of sp³-hybridized carbons (Fsp3) is 0.435. The molecule has 30 heavy (non-hydrogen) atoms. The van der Waals surface area contributed by atoms with Crippen molar-refractivity contribution in [3.63, 3.8) is 0 Å². The molecule has 156 valence electrons. The van der Waals surface area contributed by atoms with E-state index in [1.165, 1.54) is 0 Å². The van der Waals surface area contributed by atoms with Crippen LogP contribution in [0.15, 0.2) is 40.8 Å². The predicted octanol–water partition coefficient (Wildman–Crippen LogP) is 4.07. The van der Waals surface area contributed by atoms with Crippen LogP contribution in [0.5, 0.6) is 0 Å². The standard InChI is InChI=1S/C23H28N6O/c1-5-28-12-17(14(3)26-28)10-16-8-7-9-18-21(19(11-24)23(25)30-22(16)18)20-13-29(6-2)27-15(20)4/h10,12-13,21H,5-9,25H2,1-4H3/b16-10-/t21-/m0/s1. The lowest BCUT2D eigenvalue weighted by Crippen LogP contribution is -2.24. The number of hydrogen-bond acceptors (Lipinski definition) is 5. The van der Waals surface area contributed by atoms with Crippen molar-refractivity contribution < 1.29 is 4.74 Å². The first-order valence-corrected chi connectivity index (χ1v) is 10.6. The first-order valence-electron chi connectivity index (χ1n) is 10.6. The summed E-state index contributed by atoms with van der Waals surface area (Å²) in [6, 6.07) is 2.30. The van der Waals surface area contributed by atoms with Crippen LogP contribution >= 0.6 is 0 Å². The molecule has 0 saturated carbocycles. The van der Waals surface area contributed by atoms with Crippen LogP contribution in [-0.2, 0) is 17.8 Å². The predicted molar refractivity (Wildman–Crippen MR) is 115 cm³/mol. The maximum atomic E-state index is 9.86. The number of nitrogens with two attached hydrogens (primary N) is 1. The molecule has 2 N–H and O–H groups in total. The van der Waals surface area contributed by atoms with E-state index in [0.717, 1.165) is 71.8 Å². The zero-order chi connectivity index (χ0) is 21.4. The molecule has 7 heteroatoms. The summed E-state index contributed by atoms with van der Waals surface area (Å²) in [4.78, 5) is 0. The lowest BCUT2D eigenvalue weighted by molar-refractivity contribution is 0.277. The van der Waals surface area contributed by atoms with Gasteiger partial charge in [0, 0.05) is 36.6 Å². The number of nitriles is 1. The van der Waals surface area contributed by atoms with Gasteiger partial charge in [-0.15, -0.1) is 0 Å². The molecule has 0 fully saturated rings. The summed E-state index contributed by atoms with van der Waals surface area (Å²) < 4.78 is 9.92. The van der Waals surface area contributed by atoms with Crippen LogP contribution in [0, 0.1) is 25.2 Å². The van der Waals surface area contributed by atoms with Gasteiger partial charge in [0.1, 0.15) is 17.4 Å². The second kappa shape index (κ2) is 7.86. The summed E-state index contributed by atoms with van der Waals surface area (Å²) >= 11 is 0. The van der Waals surface area contributed by atoms with E-state index in [0.29, 0.717) is 5.57 Å². The molecule has 2 aromatic heterocycles. The fourth-order valence-corrected chi connectivity index (χ4v) is 4.39. The maximum Gasteiger partial charge on any atom is 0.205 e. The molecule has 0 amide bonds. The molecule has 1 atom stereocenters. The van der Waals surface area contributed by atoms with E-state index in [-0.39, 0.29) is 11.8 Å². The Bertz CT molecular complexity index is 1120. The Labute approximate surface area is 177 Å². The molecule has 0 unspecified atom stereocenters. The van der Waals surface area contributed by atoms with Crippen LogP contribution < -0.4 is 5.73 Å². The van der Waals surface area contributed by atoms with Gasteiger partial charge in [0.15, 0.2) is 0 Å². The van der Waals surface area contributed by atoms with Crippen LogP contribution in [0.2, 0.25) is 0 Å². The monoisotopic (exact) mass is 404 g/mol. The maximum absolute atomic E-state index is 9.86. The van der Waals surface area contributed by atoms with Crippen molar-refractivity contribution in [1.82, 2.24) is 19.6 Å². The number of ether oxygens (including phenoxy) is 1. The van der Waals surface area contributed by atoms with Gasteiger partial charge in [-0.05, 0) is 64.2 Å². The van der Waals surface area contributed by atoms with Gasteiger partial charge in [0.25, 0.3) is 0 Å². The lowest BCUT2D eigenvalue weighted by atomic mass is 9.77. The third kappa shape index (κ3) is 3.32. The van der Waals surface area contributed by atoms with Gasteiger partial charge in [0.2, 0.25) is 5.88 Å². The summed E-state index contributed by atoms with van der Waals surface area (Å²) in [6.45, 7) is 9.76. The first-order chi connectivity index (χ1) is 14.5. The Kier molecular flexibility index (Phi) is 5.25. The zero-order valence-corrected chi connectivity index (χ0v) is 18.1. The largest absolute Gasteiger partial charge is 0.440 e. The van der Waals surface area contributed by atoms with E-state index in [1.54, 1.807) is 0 Å². The van der Waals surface area contributed by atoms with Crippen molar-refractivity contribution in [2.75, 3.05) is 0 Å². The third-order valence-electron chi connectivity index (χ3n) is 5.97. The van der Waals surface area contributed by atoms with Crippen LogP contribution in [0.1, 0.15) is 61.5 Å². The summed E-state index contributed by atoms with van der Waals surface area (Å²) in [5.41, 5.74) is 13.0. The molecular weight excluding hydrogens is 376 g/mol. The average molecular weight is 405 g/mol. The minimum absolute atomic E-state index is 0.193. The van der Waals surface area contributed by atoms with E-state index in [1.807, 2.05) is 29.4 Å². The fourth-order valence-electron chi connectivity index (χ4n) is 4.39. The summed E-state index contributed by atoms with van der Waals surface area (Å²) in [6.07, 6.45) is 9.04. The molecule has 2 aromatic rings. The number of allylic oxidation sites excluding steroid dienone is 3. The molecule has 1 aliphatic heterocycles. The van der Waals surface area contributed by atoms with Gasteiger partial charge in [0.05, 0.1) is 17.3 Å². The third-order valence-corrected chi connectivity index (χ3v) is 5.97. The number of aryl methyl sites for hydroxylation is 4. The lowest BCUT2D eigenvalue weighted by Gasteiger charge is -2.33. The molecule has 4 rings (SSSR count). The minimum atomic E-state index is -0.206. The molecule has 3 heterocycles. The van der Waals surface area contributed by atoms with Crippen molar-refractivity contribution in [2.45, 2.75) is 66.0 Å². The van der Waals surface area contributed by atoms with Crippen molar-refractivity contribution in [3.8, 4) is 6.07 Å². The van der Waals surface area contributed by atoms with Crippen LogP contribution in [0.4, 0.5) is 0 Å². The normalized spacial score (nSPS) is 20.4. The Morgan fingerprint density at radius 1 is 1.17 bits per heavy atom. The van der Waals surface area contributed by atoms with Gasteiger partial charge in [-0.2, -0.15) is 15.5 Å². The molecule has 0 saturated heterocycles. The molecule has 1 aliphatic carbocycles. The average Bonchev–Trinajstić information content (AvgIpc) is 3.29. The summed E-state index contributed by atoms with van der Waals surface area (Å²) in [7, 11) is 0. The van der Waals surface area contributed by atoms with Crippen LogP contribution in [-0.4, -0.2) is 19.6 Å². The highest BCUT2D eigenvalue weighted by Gasteiger charge is 2.37. The highest BCUT2D eigenvalue weighted by atomic mass is 16.5. The Hall–Kier alpha value is -3.27. The molecule has 0 bridgehead atoms. The number of aromatic nitrogens is 4. The minimum Gasteiger partial charge on any atom is -0.440 e. The smallest absolute Gasteiger partial charge is 0.205 e. The highest BCUT2D eigenvalue weighted by molar-refractivity contribution is 5.63. The Balaban J connectivity index is 1.85. The van der Waals surface area contributed by atoms with E-state index in [9.17, 15) is 5.26 Å². The second-order valence-corrected chi connectivity index (χ2v) is 7.85. The molecule has 2 aliphatic rings. The number of nitrogens with zero attached hydrogens (tertiary/aromatic N) is 5. The van der Waals surface area contributed by atoms with E-state index in [2.05, 4.69) is 42.4 Å². The Morgan fingerprint density at radius 3 is 2.50 bits per heavy atom. The van der Waals surface area contributed by atoms with Gasteiger partial charge >= 0.3 is 0 Å². The van der Waals surface area contributed by atoms with Crippen molar-refractivity contribution in [1.29, 1.82) is 5.26 Å². The van der Waals surface area contributed by atoms with E-state index >= 15 is 0 Å². The van der Waals surface area contributed by atoms with Crippen LogP contribution in [0.3, 0.4) is 0 Å². The number of rotatable bonds is 4. The SMILES string of the molecule is CCn1cc(/C=C2/CCCC3=C2OC(N)=C(C#N)[C@H]3c2cn(CC)nc2C)c(C)n1. The Morgan fingerprint density at radius 2 is 1.87 bits per heavy atom. The second-order valence-electron chi connectivity index (χ2n) is 7.85. The van der Waals surface area contributed by atoms with Gasteiger partial charge in [-0.3, -0.25) is 9.36 Å². The molecule has 7 nitrogen and oxygen atoms in total.